The van der Waals surface area contributed by atoms with Crippen LogP contribution in [0.2, 0.25) is 0 Å². The maximum Gasteiger partial charge on any atom is 0.311 e. The number of nitro groups is 1. The van der Waals surface area contributed by atoms with Gasteiger partial charge in [0, 0.05) is 13.1 Å². The second-order valence-electron chi connectivity index (χ2n) is 4.63. The SMILES string of the molecule is CNc1nc(C)nc(Oc2cc(C)ccc2[N+](=O)[O-])c1C. The van der Waals surface area contributed by atoms with E-state index in [-0.39, 0.29) is 11.4 Å². The van der Waals surface area contributed by atoms with Crippen molar-refractivity contribution in [2.24, 2.45) is 0 Å². The van der Waals surface area contributed by atoms with E-state index in [0.717, 1.165) is 5.56 Å². The summed E-state index contributed by atoms with van der Waals surface area (Å²) in [5.74, 6) is 1.63. The lowest BCUT2D eigenvalue weighted by atomic mass is 10.2. The Morgan fingerprint density at radius 2 is 1.95 bits per heavy atom. The highest BCUT2D eigenvalue weighted by atomic mass is 16.6. The fourth-order valence-corrected chi connectivity index (χ4v) is 1.90. The largest absolute Gasteiger partial charge is 0.431 e. The predicted molar refractivity (Wildman–Crippen MR) is 79.0 cm³/mol. The quantitative estimate of drug-likeness (QED) is 0.686. The Morgan fingerprint density at radius 1 is 1.24 bits per heavy atom. The van der Waals surface area contributed by atoms with E-state index in [4.69, 9.17) is 4.74 Å². The molecule has 21 heavy (non-hydrogen) atoms. The molecular formula is C14H16N4O3. The molecule has 7 heteroatoms. The summed E-state index contributed by atoms with van der Waals surface area (Å²) < 4.78 is 5.67. The first-order valence-electron chi connectivity index (χ1n) is 6.38. The highest BCUT2D eigenvalue weighted by molar-refractivity contribution is 5.53. The van der Waals surface area contributed by atoms with E-state index < -0.39 is 4.92 Å². The third-order valence-corrected chi connectivity index (χ3v) is 2.97. The zero-order chi connectivity index (χ0) is 15.6. The van der Waals surface area contributed by atoms with Crippen molar-refractivity contribution < 1.29 is 9.66 Å². The van der Waals surface area contributed by atoms with Crippen molar-refractivity contribution in [2.45, 2.75) is 20.8 Å². The molecule has 0 saturated heterocycles. The molecule has 0 atom stereocenters. The predicted octanol–water partition coefficient (Wildman–Crippen LogP) is 3.14. The second kappa shape index (κ2) is 5.74. The first kappa shape index (κ1) is 14.7. The molecule has 0 saturated carbocycles. The normalized spacial score (nSPS) is 10.3. The van der Waals surface area contributed by atoms with Gasteiger partial charge in [0.1, 0.15) is 11.6 Å². The van der Waals surface area contributed by atoms with Gasteiger partial charge in [-0.1, -0.05) is 6.07 Å². The van der Waals surface area contributed by atoms with Gasteiger partial charge in [0.2, 0.25) is 11.6 Å². The summed E-state index contributed by atoms with van der Waals surface area (Å²) in [5.41, 5.74) is 1.47. The molecular weight excluding hydrogens is 272 g/mol. The highest BCUT2D eigenvalue weighted by Gasteiger charge is 2.18. The van der Waals surface area contributed by atoms with Gasteiger partial charge >= 0.3 is 5.69 Å². The maximum absolute atomic E-state index is 11.1. The molecule has 0 bridgehead atoms. The lowest BCUT2D eigenvalue weighted by Gasteiger charge is -2.12. The lowest BCUT2D eigenvalue weighted by molar-refractivity contribution is -0.385. The molecule has 0 fully saturated rings. The number of aromatic nitrogens is 2. The van der Waals surface area contributed by atoms with Gasteiger partial charge in [0.25, 0.3) is 0 Å². The van der Waals surface area contributed by atoms with Crippen LogP contribution >= 0.6 is 0 Å². The molecule has 2 rings (SSSR count). The van der Waals surface area contributed by atoms with E-state index in [9.17, 15) is 10.1 Å². The van der Waals surface area contributed by atoms with Crippen LogP contribution in [0.4, 0.5) is 11.5 Å². The lowest BCUT2D eigenvalue weighted by Crippen LogP contribution is -2.03. The van der Waals surface area contributed by atoms with Gasteiger partial charge in [0.15, 0.2) is 0 Å². The maximum atomic E-state index is 11.1. The van der Waals surface area contributed by atoms with Gasteiger partial charge in [-0.2, -0.15) is 4.98 Å². The van der Waals surface area contributed by atoms with Crippen molar-refractivity contribution >= 4 is 11.5 Å². The molecule has 1 aromatic carbocycles. The van der Waals surface area contributed by atoms with Crippen LogP contribution in [0.3, 0.4) is 0 Å². The third-order valence-electron chi connectivity index (χ3n) is 2.97. The summed E-state index contributed by atoms with van der Waals surface area (Å²) in [7, 11) is 1.74. The van der Waals surface area contributed by atoms with Crippen LogP contribution in [-0.2, 0) is 0 Å². The topological polar surface area (TPSA) is 90.2 Å². The average molecular weight is 288 g/mol. The molecule has 1 heterocycles. The van der Waals surface area contributed by atoms with E-state index in [1.54, 1.807) is 33.0 Å². The summed E-state index contributed by atoms with van der Waals surface area (Å²) in [6.07, 6.45) is 0. The van der Waals surface area contributed by atoms with E-state index in [2.05, 4.69) is 15.3 Å². The summed E-state index contributed by atoms with van der Waals surface area (Å²) in [4.78, 5) is 19.0. The van der Waals surface area contributed by atoms with Gasteiger partial charge < -0.3 is 10.1 Å². The zero-order valence-electron chi connectivity index (χ0n) is 12.3. The number of hydrogen-bond donors (Lipinski definition) is 1. The van der Waals surface area contributed by atoms with Crippen molar-refractivity contribution in [3.63, 3.8) is 0 Å². The van der Waals surface area contributed by atoms with E-state index in [1.807, 2.05) is 6.92 Å². The first-order chi connectivity index (χ1) is 9.92. The number of hydrogen-bond acceptors (Lipinski definition) is 6. The molecule has 1 N–H and O–H groups in total. The monoisotopic (exact) mass is 288 g/mol. The van der Waals surface area contributed by atoms with Crippen LogP contribution in [0, 0.1) is 30.9 Å². The molecule has 0 aliphatic rings. The highest BCUT2D eigenvalue weighted by Crippen LogP contribution is 2.33. The molecule has 1 aromatic heterocycles. The Morgan fingerprint density at radius 3 is 2.57 bits per heavy atom. The van der Waals surface area contributed by atoms with Crippen LogP contribution in [0.5, 0.6) is 11.6 Å². The van der Waals surface area contributed by atoms with E-state index in [0.29, 0.717) is 23.1 Å². The van der Waals surface area contributed by atoms with E-state index in [1.165, 1.54) is 6.07 Å². The van der Waals surface area contributed by atoms with Crippen LogP contribution in [0.1, 0.15) is 17.0 Å². The number of aryl methyl sites for hydroxylation is 2. The second-order valence-corrected chi connectivity index (χ2v) is 4.63. The van der Waals surface area contributed by atoms with Crippen LogP contribution < -0.4 is 10.1 Å². The number of nitrogens with zero attached hydrogens (tertiary/aromatic N) is 3. The van der Waals surface area contributed by atoms with Crippen molar-refractivity contribution in [3.8, 4) is 11.6 Å². The fourth-order valence-electron chi connectivity index (χ4n) is 1.90. The molecule has 0 unspecified atom stereocenters. The Bertz CT molecular complexity index is 701. The summed E-state index contributed by atoms with van der Waals surface area (Å²) in [6, 6.07) is 4.71. The number of nitro benzene ring substituents is 1. The summed E-state index contributed by atoms with van der Waals surface area (Å²) >= 11 is 0. The van der Waals surface area contributed by atoms with Crippen molar-refractivity contribution in [1.82, 2.24) is 9.97 Å². The number of benzene rings is 1. The summed E-state index contributed by atoms with van der Waals surface area (Å²) in [5, 5.41) is 14.0. The molecule has 0 spiro atoms. The number of nitrogens with one attached hydrogen (secondary N) is 1. The number of ether oxygens (including phenoxy) is 1. The van der Waals surface area contributed by atoms with Gasteiger partial charge in [-0.25, -0.2) is 4.98 Å². The van der Waals surface area contributed by atoms with Crippen LogP contribution in [0.25, 0.3) is 0 Å². The van der Waals surface area contributed by atoms with E-state index >= 15 is 0 Å². The minimum Gasteiger partial charge on any atom is -0.431 e. The van der Waals surface area contributed by atoms with Gasteiger partial charge in [-0.3, -0.25) is 10.1 Å². The van der Waals surface area contributed by atoms with Crippen molar-refractivity contribution in [1.29, 1.82) is 0 Å². The van der Waals surface area contributed by atoms with Gasteiger partial charge in [0.05, 0.1) is 10.5 Å². The molecule has 0 aliphatic heterocycles. The Balaban J connectivity index is 2.50. The van der Waals surface area contributed by atoms with Crippen LogP contribution in [-0.4, -0.2) is 21.9 Å². The minimum atomic E-state index is -0.475. The Kier molecular flexibility index (Phi) is 4.02. The third kappa shape index (κ3) is 3.07. The van der Waals surface area contributed by atoms with Crippen molar-refractivity contribution in [2.75, 3.05) is 12.4 Å². The van der Waals surface area contributed by atoms with Gasteiger partial charge in [-0.05, 0) is 32.4 Å². The van der Waals surface area contributed by atoms with Gasteiger partial charge in [-0.15, -0.1) is 0 Å². The number of rotatable bonds is 4. The first-order valence-corrected chi connectivity index (χ1v) is 6.38. The molecule has 2 aromatic rings. The zero-order valence-corrected chi connectivity index (χ0v) is 12.3. The Hall–Kier alpha value is -2.70. The van der Waals surface area contributed by atoms with Crippen LogP contribution in [0.15, 0.2) is 18.2 Å². The molecule has 0 radical (unpaired) electrons. The molecule has 0 aliphatic carbocycles. The standard InChI is InChI=1S/C14H16N4O3/c1-8-5-6-11(18(19)20)12(7-8)21-14-9(2)13(15-4)16-10(3)17-14/h5-7H,1-4H3,(H,15,16,17). The summed E-state index contributed by atoms with van der Waals surface area (Å²) in [6.45, 7) is 5.37. The molecule has 110 valence electrons. The average Bonchev–Trinajstić information content (AvgIpc) is 2.42. The van der Waals surface area contributed by atoms with Crippen molar-refractivity contribution in [3.05, 3.63) is 45.3 Å². The number of anilines is 1. The molecule has 7 nitrogen and oxygen atoms in total. The minimum absolute atomic E-state index is 0.0951. The fraction of sp³-hybridized carbons (Fsp3) is 0.286. The Labute approximate surface area is 122 Å². The smallest absolute Gasteiger partial charge is 0.311 e. The molecule has 0 amide bonds.